The number of anilines is 1. The summed E-state index contributed by atoms with van der Waals surface area (Å²) in [6.45, 7) is 4.67. The van der Waals surface area contributed by atoms with Gasteiger partial charge in [0.15, 0.2) is 0 Å². The molecular formula is C19H26FN3O4S. The van der Waals surface area contributed by atoms with Crippen LogP contribution in [0.2, 0.25) is 0 Å². The Bertz CT molecular complexity index is 858. The first-order valence-electron chi connectivity index (χ1n) is 8.94. The number of halogens is 1. The van der Waals surface area contributed by atoms with Crippen LogP contribution >= 0.6 is 0 Å². The summed E-state index contributed by atoms with van der Waals surface area (Å²) in [4.78, 5) is 4.25. The van der Waals surface area contributed by atoms with E-state index in [0.29, 0.717) is 25.1 Å². The van der Waals surface area contributed by atoms with Crippen molar-refractivity contribution in [3.05, 3.63) is 42.0 Å². The lowest BCUT2D eigenvalue weighted by molar-refractivity contribution is 0.291. The second-order valence-corrected chi connectivity index (χ2v) is 8.03. The number of aryl methyl sites for hydroxylation is 1. The maximum Gasteiger partial charge on any atom is 0.262 e. The van der Waals surface area contributed by atoms with Crippen LogP contribution < -0.4 is 19.5 Å². The van der Waals surface area contributed by atoms with Gasteiger partial charge in [0.25, 0.3) is 10.0 Å². The van der Waals surface area contributed by atoms with E-state index in [9.17, 15) is 12.8 Å². The van der Waals surface area contributed by atoms with E-state index in [0.717, 1.165) is 5.56 Å². The van der Waals surface area contributed by atoms with E-state index in [-0.39, 0.29) is 22.9 Å². The molecule has 0 aliphatic rings. The molecule has 0 fully saturated rings. The molecule has 0 aliphatic carbocycles. The monoisotopic (exact) mass is 411 g/mol. The molecule has 0 saturated carbocycles. The molecule has 9 heteroatoms. The SMILES string of the molecule is COc1nc(OCCNC(C)C)ccc1NS(=O)(=O)c1ccc(CCF)cc1. The normalized spacial score (nSPS) is 11.5. The van der Waals surface area contributed by atoms with Gasteiger partial charge in [-0.05, 0) is 23.8 Å². The third-order valence-electron chi connectivity index (χ3n) is 3.79. The van der Waals surface area contributed by atoms with Crippen LogP contribution in [0.25, 0.3) is 0 Å². The van der Waals surface area contributed by atoms with Crippen LogP contribution in [-0.2, 0) is 16.4 Å². The fraction of sp³-hybridized carbons (Fsp3) is 0.421. The summed E-state index contributed by atoms with van der Waals surface area (Å²) in [6, 6.07) is 9.51. The highest BCUT2D eigenvalue weighted by Gasteiger charge is 2.18. The van der Waals surface area contributed by atoms with E-state index in [2.05, 4.69) is 15.0 Å². The predicted molar refractivity (Wildman–Crippen MR) is 106 cm³/mol. The van der Waals surface area contributed by atoms with Gasteiger partial charge < -0.3 is 14.8 Å². The molecule has 0 aliphatic heterocycles. The van der Waals surface area contributed by atoms with Crippen LogP contribution in [0.3, 0.4) is 0 Å². The largest absolute Gasteiger partial charge is 0.479 e. The van der Waals surface area contributed by atoms with Crippen molar-refractivity contribution in [3.63, 3.8) is 0 Å². The van der Waals surface area contributed by atoms with E-state index >= 15 is 0 Å². The van der Waals surface area contributed by atoms with Crippen molar-refractivity contribution in [2.24, 2.45) is 0 Å². The number of nitrogens with zero attached hydrogens (tertiary/aromatic N) is 1. The number of benzene rings is 1. The Balaban J connectivity index is 2.09. The van der Waals surface area contributed by atoms with Crippen LogP contribution in [0.1, 0.15) is 19.4 Å². The Labute approximate surface area is 165 Å². The third-order valence-corrected chi connectivity index (χ3v) is 5.18. The quantitative estimate of drug-likeness (QED) is 0.553. The lowest BCUT2D eigenvalue weighted by atomic mass is 10.2. The zero-order valence-corrected chi connectivity index (χ0v) is 17.1. The molecule has 1 aromatic carbocycles. The molecule has 7 nitrogen and oxygen atoms in total. The van der Waals surface area contributed by atoms with Gasteiger partial charge in [-0.15, -0.1) is 0 Å². The number of ether oxygens (including phenoxy) is 2. The number of hydrogen-bond acceptors (Lipinski definition) is 6. The highest BCUT2D eigenvalue weighted by molar-refractivity contribution is 7.92. The van der Waals surface area contributed by atoms with E-state index in [1.165, 1.54) is 25.3 Å². The standard InChI is InChI=1S/C19H26FN3O4S/c1-14(2)21-12-13-27-18-9-8-17(19(22-18)26-3)23-28(24,25)16-6-4-15(5-7-16)10-11-20/h4-9,14,21,23H,10-13H2,1-3H3. The number of nitrogens with one attached hydrogen (secondary N) is 2. The topological polar surface area (TPSA) is 89.6 Å². The van der Waals surface area contributed by atoms with Gasteiger partial charge in [0.2, 0.25) is 11.8 Å². The van der Waals surface area contributed by atoms with Gasteiger partial charge >= 0.3 is 0 Å². The van der Waals surface area contributed by atoms with Crippen molar-refractivity contribution >= 4 is 15.7 Å². The fourth-order valence-electron chi connectivity index (χ4n) is 2.39. The van der Waals surface area contributed by atoms with Crippen molar-refractivity contribution in [2.45, 2.75) is 31.2 Å². The Hall–Kier alpha value is -2.39. The van der Waals surface area contributed by atoms with Gasteiger partial charge in [0.1, 0.15) is 12.3 Å². The van der Waals surface area contributed by atoms with Gasteiger partial charge in [0, 0.05) is 25.1 Å². The fourth-order valence-corrected chi connectivity index (χ4v) is 3.45. The van der Waals surface area contributed by atoms with Crippen molar-refractivity contribution in [1.29, 1.82) is 0 Å². The van der Waals surface area contributed by atoms with Crippen molar-refractivity contribution < 1.29 is 22.3 Å². The highest BCUT2D eigenvalue weighted by atomic mass is 32.2. The van der Waals surface area contributed by atoms with Gasteiger partial charge in [-0.1, -0.05) is 26.0 Å². The van der Waals surface area contributed by atoms with E-state index < -0.39 is 16.7 Å². The average molecular weight is 411 g/mol. The van der Waals surface area contributed by atoms with Gasteiger partial charge in [-0.2, -0.15) is 4.98 Å². The summed E-state index contributed by atoms with van der Waals surface area (Å²) in [6.07, 6.45) is 0.250. The highest BCUT2D eigenvalue weighted by Crippen LogP contribution is 2.27. The Kier molecular flexibility index (Phi) is 8.01. The molecular weight excluding hydrogens is 385 g/mol. The van der Waals surface area contributed by atoms with Crippen LogP contribution in [0.5, 0.6) is 11.8 Å². The zero-order valence-electron chi connectivity index (χ0n) is 16.2. The van der Waals surface area contributed by atoms with Crippen LogP contribution in [-0.4, -0.2) is 46.4 Å². The van der Waals surface area contributed by atoms with Crippen molar-refractivity contribution in [1.82, 2.24) is 10.3 Å². The number of alkyl halides is 1. The molecule has 154 valence electrons. The van der Waals surface area contributed by atoms with Gasteiger partial charge in [0.05, 0.1) is 18.7 Å². The van der Waals surface area contributed by atoms with E-state index in [1.807, 2.05) is 13.8 Å². The molecule has 2 N–H and O–H groups in total. The minimum atomic E-state index is -3.84. The molecule has 1 aromatic heterocycles. The Morgan fingerprint density at radius 2 is 1.86 bits per heavy atom. The predicted octanol–water partition coefficient (Wildman–Crippen LogP) is 2.78. The molecule has 0 saturated heterocycles. The molecule has 2 rings (SSSR count). The number of rotatable bonds is 11. The zero-order chi connectivity index (χ0) is 20.6. The van der Waals surface area contributed by atoms with Crippen LogP contribution in [0, 0.1) is 0 Å². The molecule has 28 heavy (non-hydrogen) atoms. The number of aromatic nitrogens is 1. The Morgan fingerprint density at radius 3 is 2.46 bits per heavy atom. The molecule has 0 radical (unpaired) electrons. The summed E-state index contributed by atoms with van der Waals surface area (Å²) in [5.74, 6) is 0.438. The molecule has 0 spiro atoms. The smallest absolute Gasteiger partial charge is 0.262 e. The maximum atomic E-state index is 12.6. The lowest BCUT2D eigenvalue weighted by Gasteiger charge is -2.13. The van der Waals surface area contributed by atoms with Gasteiger partial charge in [-0.25, -0.2) is 8.42 Å². The van der Waals surface area contributed by atoms with Crippen molar-refractivity contribution in [3.8, 4) is 11.8 Å². The summed E-state index contributed by atoms with van der Waals surface area (Å²) in [5.41, 5.74) is 0.928. The summed E-state index contributed by atoms with van der Waals surface area (Å²) in [7, 11) is -2.44. The second kappa shape index (κ2) is 10.2. The first-order valence-corrected chi connectivity index (χ1v) is 10.4. The number of sulfonamides is 1. The average Bonchev–Trinajstić information content (AvgIpc) is 2.66. The summed E-state index contributed by atoms with van der Waals surface area (Å²) >= 11 is 0. The molecule has 0 unspecified atom stereocenters. The molecule has 1 heterocycles. The molecule has 0 bridgehead atoms. The van der Waals surface area contributed by atoms with E-state index in [4.69, 9.17) is 9.47 Å². The number of pyridine rings is 1. The minimum absolute atomic E-state index is 0.0669. The third kappa shape index (κ3) is 6.35. The molecule has 0 amide bonds. The summed E-state index contributed by atoms with van der Waals surface area (Å²) in [5, 5.41) is 3.22. The minimum Gasteiger partial charge on any atom is -0.479 e. The first-order chi connectivity index (χ1) is 13.4. The maximum absolute atomic E-state index is 12.6. The van der Waals surface area contributed by atoms with E-state index in [1.54, 1.807) is 18.2 Å². The lowest BCUT2D eigenvalue weighted by Crippen LogP contribution is -2.27. The second-order valence-electron chi connectivity index (χ2n) is 6.35. The van der Waals surface area contributed by atoms with Crippen LogP contribution in [0.4, 0.5) is 10.1 Å². The molecule has 2 aromatic rings. The van der Waals surface area contributed by atoms with Crippen LogP contribution in [0.15, 0.2) is 41.3 Å². The van der Waals surface area contributed by atoms with Crippen molar-refractivity contribution in [2.75, 3.05) is 31.7 Å². The summed E-state index contributed by atoms with van der Waals surface area (Å²) < 4.78 is 50.8. The van der Waals surface area contributed by atoms with Gasteiger partial charge in [-0.3, -0.25) is 9.11 Å². The number of methoxy groups -OCH3 is 1. The number of hydrogen-bond donors (Lipinski definition) is 2. The Morgan fingerprint density at radius 1 is 1.14 bits per heavy atom. The molecule has 0 atom stereocenters. The first kappa shape index (κ1) is 21.9.